The average molecular weight is 290 g/mol. The first-order chi connectivity index (χ1) is 9.70. The number of hydrogen-bond donors (Lipinski definition) is 1. The van der Waals surface area contributed by atoms with Gasteiger partial charge in [0.1, 0.15) is 0 Å². The van der Waals surface area contributed by atoms with Gasteiger partial charge in [-0.2, -0.15) is 5.10 Å². The number of nitrogens with one attached hydrogen (secondary N) is 1. The lowest BCUT2D eigenvalue weighted by atomic mass is 9.93. The van der Waals surface area contributed by atoms with Gasteiger partial charge in [-0.05, 0) is 37.0 Å². The van der Waals surface area contributed by atoms with Gasteiger partial charge in [0.15, 0.2) is 0 Å². The highest BCUT2D eigenvalue weighted by molar-refractivity contribution is 6.30. The van der Waals surface area contributed by atoms with E-state index in [1.807, 2.05) is 24.3 Å². The number of aromatic nitrogens is 2. The molecule has 0 unspecified atom stereocenters. The second-order valence-electron chi connectivity index (χ2n) is 5.14. The summed E-state index contributed by atoms with van der Waals surface area (Å²) in [5, 5.41) is 8.20. The Bertz CT molecular complexity index is 664. The fourth-order valence-corrected chi connectivity index (χ4v) is 2.44. The van der Waals surface area contributed by atoms with Crippen LogP contribution in [0.3, 0.4) is 0 Å². The summed E-state index contributed by atoms with van der Waals surface area (Å²) in [7, 11) is 0. The number of anilines is 1. The summed E-state index contributed by atoms with van der Waals surface area (Å²) in [5.74, 6) is 0. The fourth-order valence-electron chi connectivity index (χ4n) is 2.23. The highest BCUT2D eigenvalue weighted by Crippen LogP contribution is 2.22. The van der Waals surface area contributed by atoms with Gasteiger partial charge in [0.05, 0.1) is 18.4 Å². The zero-order chi connectivity index (χ0) is 13.9. The van der Waals surface area contributed by atoms with E-state index in [-0.39, 0.29) is 5.56 Å². The van der Waals surface area contributed by atoms with Crippen LogP contribution < -0.4 is 10.9 Å². The third-order valence-corrected chi connectivity index (χ3v) is 3.80. The molecule has 1 saturated carbocycles. The molecular formula is C15H16ClN3O. The molecule has 20 heavy (non-hydrogen) atoms. The first-order valence-corrected chi connectivity index (χ1v) is 7.17. The molecule has 0 spiro atoms. The quantitative estimate of drug-likeness (QED) is 0.941. The van der Waals surface area contributed by atoms with Crippen LogP contribution in [0, 0.1) is 0 Å². The minimum atomic E-state index is -0.103. The Morgan fingerprint density at radius 2 is 2.20 bits per heavy atom. The Morgan fingerprint density at radius 3 is 2.85 bits per heavy atom. The SMILES string of the molecule is O=c1cc(NC2CCC2)cnn1Cc1cccc(Cl)c1. The van der Waals surface area contributed by atoms with Crippen LogP contribution in [0.15, 0.2) is 41.3 Å². The summed E-state index contributed by atoms with van der Waals surface area (Å²) < 4.78 is 1.44. The van der Waals surface area contributed by atoms with Crippen LogP contribution in [0.4, 0.5) is 5.69 Å². The molecule has 1 N–H and O–H groups in total. The molecule has 0 saturated heterocycles. The smallest absolute Gasteiger partial charge is 0.269 e. The van der Waals surface area contributed by atoms with Crippen LogP contribution in [0.1, 0.15) is 24.8 Å². The van der Waals surface area contributed by atoms with Gasteiger partial charge < -0.3 is 5.32 Å². The molecule has 2 aromatic rings. The molecule has 104 valence electrons. The summed E-state index contributed by atoms with van der Waals surface area (Å²) in [4.78, 5) is 12.0. The molecule has 1 aromatic heterocycles. The van der Waals surface area contributed by atoms with Gasteiger partial charge in [0, 0.05) is 17.1 Å². The second-order valence-corrected chi connectivity index (χ2v) is 5.58. The molecule has 0 amide bonds. The van der Waals surface area contributed by atoms with Crippen LogP contribution in [-0.4, -0.2) is 15.8 Å². The predicted molar refractivity (Wildman–Crippen MR) is 80.3 cm³/mol. The van der Waals surface area contributed by atoms with Crippen molar-refractivity contribution >= 4 is 17.3 Å². The minimum Gasteiger partial charge on any atom is -0.381 e. The van der Waals surface area contributed by atoms with Gasteiger partial charge in [-0.1, -0.05) is 23.7 Å². The molecule has 0 aliphatic heterocycles. The highest BCUT2D eigenvalue weighted by atomic mass is 35.5. The summed E-state index contributed by atoms with van der Waals surface area (Å²) in [5.41, 5.74) is 1.67. The first kappa shape index (κ1) is 13.2. The molecular weight excluding hydrogens is 274 g/mol. The summed E-state index contributed by atoms with van der Waals surface area (Å²) in [6.45, 7) is 0.434. The normalized spacial score (nSPS) is 14.8. The molecule has 0 bridgehead atoms. The molecule has 1 aliphatic rings. The highest BCUT2D eigenvalue weighted by Gasteiger charge is 2.17. The molecule has 1 fully saturated rings. The maximum absolute atomic E-state index is 12.0. The van der Waals surface area contributed by atoms with E-state index in [2.05, 4.69) is 10.4 Å². The van der Waals surface area contributed by atoms with E-state index in [0.29, 0.717) is 17.6 Å². The standard InChI is InChI=1S/C15H16ClN3O/c16-12-4-1-3-11(7-12)10-19-15(20)8-14(9-17-19)18-13-5-2-6-13/h1,3-4,7-9,13,18H,2,5-6,10H2. The molecule has 1 heterocycles. The molecule has 0 atom stereocenters. The van der Waals surface area contributed by atoms with Crippen molar-refractivity contribution in [2.24, 2.45) is 0 Å². The predicted octanol–water partition coefficient (Wildman–Crippen LogP) is 2.91. The van der Waals surface area contributed by atoms with Crippen molar-refractivity contribution in [1.29, 1.82) is 0 Å². The van der Waals surface area contributed by atoms with Gasteiger partial charge in [-0.15, -0.1) is 0 Å². The molecule has 3 rings (SSSR count). The monoisotopic (exact) mass is 289 g/mol. The van der Waals surface area contributed by atoms with Crippen molar-refractivity contribution in [3.8, 4) is 0 Å². The summed E-state index contributed by atoms with van der Waals surface area (Å²) in [6.07, 6.45) is 5.32. The molecule has 0 radical (unpaired) electrons. The Labute approximate surface area is 122 Å². The summed E-state index contributed by atoms with van der Waals surface area (Å²) >= 11 is 5.94. The lowest BCUT2D eigenvalue weighted by molar-refractivity contribution is 0.445. The number of halogens is 1. The topological polar surface area (TPSA) is 46.9 Å². The van der Waals surface area contributed by atoms with E-state index in [0.717, 1.165) is 11.3 Å². The molecule has 4 nitrogen and oxygen atoms in total. The molecule has 1 aliphatic carbocycles. The Kier molecular flexibility index (Phi) is 3.74. The van der Waals surface area contributed by atoms with E-state index in [4.69, 9.17) is 11.6 Å². The third-order valence-electron chi connectivity index (χ3n) is 3.57. The van der Waals surface area contributed by atoms with Gasteiger partial charge >= 0.3 is 0 Å². The maximum Gasteiger partial charge on any atom is 0.269 e. The van der Waals surface area contributed by atoms with Crippen molar-refractivity contribution in [3.05, 3.63) is 57.5 Å². The Hall–Kier alpha value is -1.81. The zero-order valence-corrected chi connectivity index (χ0v) is 11.8. The van der Waals surface area contributed by atoms with Crippen LogP contribution in [0.5, 0.6) is 0 Å². The maximum atomic E-state index is 12.0. The molecule has 5 heteroatoms. The van der Waals surface area contributed by atoms with Gasteiger partial charge in [0.25, 0.3) is 5.56 Å². The summed E-state index contributed by atoms with van der Waals surface area (Å²) in [6, 6.07) is 9.56. The number of hydrogen-bond acceptors (Lipinski definition) is 3. The van der Waals surface area contributed by atoms with Crippen LogP contribution >= 0.6 is 11.6 Å². The van der Waals surface area contributed by atoms with Gasteiger partial charge in [0.2, 0.25) is 0 Å². The molecule has 1 aromatic carbocycles. The second kappa shape index (κ2) is 5.67. The van der Waals surface area contributed by atoms with Crippen molar-refractivity contribution < 1.29 is 0 Å². The Balaban J connectivity index is 1.75. The van der Waals surface area contributed by atoms with Crippen molar-refractivity contribution in [3.63, 3.8) is 0 Å². The van der Waals surface area contributed by atoms with E-state index in [1.54, 1.807) is 12.3 Å². The van der Waals surface area contributed by atoms with Gasteiger partial charge in [-0.25, -0.2) is 4.68 Å². The zero-order valence-electron chi connectivity index (χ0n) is 11.1. The van der Waals surface area contributed by atoms with E-state index in [1.165, 1.54) is 23.9 Å². The van der Waals surface area contributed by atoms with Crippen molar-refractivity contribution in [2.75, 3.05) is 5.32 Å². The fraction of sp³-hybridized carbons (Fsp3) is 0.333. The van der Waals surface area contributed by atoms with Crippen LogP contribution in [-0.2, 0) is 6.54 Å². The van der Waals surface area contributed by atoms with E-state index >= 15 is 0 Å². The van der Waals surface area contributed by atoms with Crippen molar-refractivity contribution in [2.45, 2.75) is 31.8 Å². The third kappa shape index (κ3) is 3.02. The van der Waals surface area contributed by atoms with Crippen molar-refractivity contribution in [1.82, 2.24) is 9.78 Å². The lowest BCUT2D eigenvalue weighted by Gasteiger charge is -2.27. The number of benzene rings is 1. The largest absolute Gasteiger partial charge is 0.381 e. The Morgan fingerprint density at radius 1 is 1.35 bits per heavy atom. The van der Waals surface area contributed by atoms with Gasteiger partial charge in [-0.3, -0.25) is 4.79 Å². The average Bonchev–Trinajstić information content (AvgIpc) is 2.37. The first-order valence-electron chi connectivity index (χ1n) is 6.79. The number of nitrogens with zero attached hydrogens (tertiary/aromatic N) is 2. The lowest BCUT2D eigenvalue weighted by Crippen LogP contribution is -2.29. The minimum absolute atomic E-state index is 0.103. The van der Waals surface area contributed by atoms with Crippen LogP contribution in [0.25, 0.3) is 0 Å². The van der Waals surface area contributed by atoms with E-state index in [9.17, 15) is 4.79 Å². The number of rotatable bonds is 4. The van der Waals surface area contributed by atoms with E-state index < -0.39 is 0 Å². The van der Waals surface area contributed by atoms with Crippen LogP contribution in [0.2, 0.25) is 5.02 Å².